The molecule has 0 aliphatic rings. The van der Waals surface area contributed by atoms with Crippen LogP contribution in [0.25, 0.3) is 0 Å². The van der Waals surface area contributed by atoms with Crippen molar-refractivity contribution in [3.63, 3.8) is 0 Å². The fraction of sp³-hybridized carbons (Fsp3) is 0.389. The Balaban J connectivity index is 1.97. The highest BCUT2D eigenvalue weighted by molar-refractivity contribution is 5.39. The van der Waals surface area contributed by atoms with Crippen LogP contribution >= 0.6 is 0 Å². The zero-order valence-electron chi connectivity index (χ0n) is 12.9. The molecule has 0 spiro atoms. The molecule has 106 valence electrons. The third-order valence-corrected chi connectivity index (χ3v) is 3.78. The molecule has 0 aliphatic heterocycles. The van der Waals surface area contributed by atoms with E-state index in [1.165, 1.54) is 27.8 Å². The van der Waals surface area contributed by atoms with Crippen molar-refractivity contribution in [3.8, 4) is 0 Å². The molecule has 20 heavy (non-hydrogen) atoms. The Hall–Kier alpha value is -1.67. The van der Waals surface area contributed by atoms with Crippen LogP contribution in [-0.2, 0) is 6.42 Å². The Kier molecular flexibility index (Phi) is 4.91. The molecule has 1 atom stereocenters. The Labute approximate surface area is 122 Å². The maximum atomic E-state index is 4.05. The lowest BCUT2D eigenvalue weighted by atomic mass is 9.95. The van der Waals surface area contributed by atoms with Crippen LogP contribution in [0.3, 0.4) is 0 Å². The summed E-state index contributed by atoms with van der Waals surface area (Å²) in [6, 6.07) is 9.08. The van der Waals surface area contributed by atoms with Crippen molar-refractivity contribution >= 4 is 0 Å². The number of aromatic nitrogens is 1. The number of nitrogens with one attached hydrogen (secondary N) is 1. The topological polar surface area (TPSA) is 24.9 Å². The van der Waals surface area contributed by atoms with Crippen LogP contribution in [0.2, 0.25) is 0 Å². The zero-order valence-corrected chi connectivity index (χ0v) is 12.9. The third kappa shape index (κ3) is 3.67. The van der Waals surface area contributed by atoms with Gasteiger partial charge in [0.25, 0.3) is 0 Å². The van der Waals surface area contributed by atoms with Gasteiger partial charge in [-0.25, -0.2) is 0 Å². The summed E-state index contributed by atoms with van der Waals surface area (Å²) in [4.78, 5) is 4.05. The van der Waals surface area contributed by atoms with Gasteiger partial charge in [0.15, 0.2) is 0 Å². The van der Waals surface area contributed by atoms with Gasteiger partial charge >= 0.3 is 0 Å². The van der Waals surface area contributed by atoms with E-state index in [0.717, 1.165) is 13.0 Å². The van der Waals surface area contributed by atoms with Crippen molar-refractivity contribution in [1.29, 1.82) is 0 Å². The Bertz CT molecular complexity index is 538. The van der Waals surface area contributed by atoms with Gasteiger partial charge in [0.2, 0.25) is 0 Å². The molecule has 1 heterocycles. The first kappa shape index (κ1) is 14.7. The second-order valence-corrected chi connectivity index (χ2v) is 5.59. The average molecular weight is 268 g/mol. The van der Waals surface area contributed by atoms with E-state index >= 15 is 0 Å². The van der Waals surface area contributed by atoms with Crippen LogP contribution in [0.15, 0.2) is 36.7 Å². The van der Waals surface area contributed by atoms with E-state index < -0.39 is 0 Å². The standard InChI is InChI=1S/C18H24N2/c1-13-11-14(2)18(15(3)12-13)16(4)20-10-7-17-5-8-19-9-6-17/h5-6,8-9,11-12,16,20H,7,10H2,1-4H3. The summed E-state index contributed by atoms with van der Waals surface area (Å²) < 4.78 is 0. The number of pyridine rings is 1. The largest absolute Gasteiger partial charge is 0.310 e. The second kappa shape index (κ2) is 6.67. The smallest absolute Gasteiger partial charge is 0.0297 e. The molecule has 0 amide bonds. The van der Waals surface area contributed by atoms with Gasteiger partial charge in [-0.2, -0.15) is 0 Å². The fourth-order valence-corrected chi connectivity index (χ4v) is 2.96. The molecular formula is C18H24N2. The molecular weight excluding hydrogens is 244 g/mol. The van der Waals surface area contributed by atoms with Gasteiger partial charge in [-0.1, -0.05) is 17.7 Å². The molecule has 0 aliphatic carbocycles. The molecule has 2 nitrogen and oxygen atoms in total. The molecule has 0 radical (unpaired) electrons. The minimum absolute atomic E-state index is 0.387. The molecule has 1 unspecified atom stereocenters. The van der Waals surface area contributed by atoms with Crippen LogP contribution in [0, 0.1) is 20.8 Å². The molecule has 2 rings (SSSR count). The highest BCUT2D eigenvalue weighted by atomic mass is 14.9. The van der Waals surface area contributed by atoms with Crippen LogP contribution < -0.4 is 5.32 Å². The van der Waals surface area contributed by atoms with Gasteiger partial charge < -0.3 is 5.32 Å². The summed E-state index contributed by atoms with van der Waals surface area (Å²) >= 11 is 0. The van der Waals surface area contributed by atoms with E-state index in [4.69, 9.17) is 0 Å². The molecule has 0 saturated carbocycles. The van der Waals surface area contributed by atoms with Crippen molar-refractivity contribution in [2.75, 3.05) is 6.54 Å². The lowest BCUT2D eigenvalue weighted by Gasteiger charge is -2.20. The lowest BCUT2D eigenvalue weighted by molar-refractivity contribution is 0.572. The number of hydrogen-bond acceptors (Lipinski definition) is 2. The van der Waals surface area contributed by atoms with Crippen LogP contribution in [0.4, 0.5) is 0 Å². The summed E-state index contributed by atoms with van der Waals surface area (Å²) in [6.45, 7) is 9.80. The van der Waals surface area contributed by atoms with E-state index in [1.54, 1.807) is 0 Å². The van der Waals surface area contributed by atoms with E-state index in [2.05, 4.69) is 62.3 Å². The SMILES string of the molecule is Cc1cc(C)c(C(C)NCCc2ccncc2)c(C)c1. The Morgan fingerprint density at radius 2 is 1.65 bits per heavy atom. The minimum atomic E-state index is 0.387. The predicted molar refractivity (Wildman–Crippen MR) is 85.0 cm³/mol. The summed E-state index contributed by atoms with van der Waals surface area (Å²) in [6.07, 6.45) is 4.75. The molecule has 1 aromatic carbocycles. The Morgan fingerprint density at radius 1 is 1.05 bits per heavy atom. The zero-order chi connectivity index (χ0) is 14.5. The summed E-state index contributed by atoms with van der Waals surface area (Å²) in [5.41, 5.74) is 6.87. The molecule has 0 saturated heterocycles. The Morgan fingerprint density at radius 3 is 2.25 bits per heavy atom. The van der Waals surface area contributed by atoms with Crippen molar-refractivity contribution in [3.05, 3.63) is 64.5 Å². The number of nitrogens with zero attached hydrogens (tertiary/aromatic N) is 1. The first-order valence-electron chi connectivity index (χ1n) is 7.28. The van der Waals surface area contributed by atoms with Gasteiger partial charge in [-0.3, -0.25) is 4.98 Å². The highest BCUT2D eigenvalue weighted by Gasteiger charge is 2.11. The summed E-state index contributed by atoms with van der Waals surface area (Å²) in [7, 11) is 0. The maximum Gasteiger partial charge on any atom is 0.0297 e. The van der Waals surface area contributed by atoms with Gasteiger partial charge in [-0.05, 0) is 75.0 Å². The second-order valence-electron chi connectivity index (χ2n) is 5.59. The highest BCUT2D eigenvalue weighted by Crippen LogP contribution is 2.23. The average Bonchev–Trinajstić information content (AvgIpc) is 2.38. The first-order chi connectivity index (χ1) is 9.58. The van der Waals surface area contributed by atoms with E-state index in [9.17, 15) is 0 Å². The number of rotatable bonds is 5. The first-order valence-corrected chi connectivity index (χ1v) is 7.28. The summed E-state index contributed by atoms with van der Waals surface area (Å²) in [5.74, 6) is 0. The third-order valence-electron chi connectivity index (χ3n) is 3.78. The van der Waals surface area contributed by atoms with Crippen molar-refractivity contribution in [2.45, 2.75) is 40.2 Å². The van der Waals surface area contributed by atoms with Gasteiger partial charge in [0, 0.05) is 18.4 Å². The van der Waals surface area contributed by atoms with Crippen LogP contribution in [-0.4, -0.2) is 11.5 Å². The molecule has 1 N–H and O–H groups in total. The normalized spacial score (nSPS) is 12.4. The predicted octanol–water partition coefficient (Wildman–Crippen LogP) is 3.90. The molecule has 2 aromatic rings. The van der Waals surface area contributed by atoms with Crippen LogP contribution in [0.5, 0.6) is 0 Å². The van der Waals surface area contributed by atoms with Gasteiger partial charge in [0.1, 0.15) is 0 Å². The fourth-order valence-electron chi connectivity index (χ4n) is 2.96. The molecule has 1 aromatic heterocycles. The van der Waals surface area contributed by atoms with Crippen LogP contribution in [0.1, 0.15) is 40.8 Å². The molecule has 0 bridgehead atoms. The monoisotopic (exact) mass is 268 g/mol. The van der Waals surface area contributed by atoms with Crippen molar-refractivity contribution in [1.82, 2.24) is 10.3 Å². The van der Waals surface area contributed by atoms with Crippen molar-refractivity contribution < 1.29 is 0 Å². The summed E-state index contributed by atoms with van der Waals surface area (Å²) in [5, 5.41) is 3.63. The maximum absolute atomic E-state index is 4.05. The van der Waals surface area contributed by atoms with E-state index in [0.29, 0.717) is 6.04 Å². The van der Waals surface area contributed by atoms with E-state index in [1.807, 2.05) is 12.4 Å². The molecule has 0 fully saturated rings. The lowest BCUT2D eigenvalue weighted by Crippen LogP contribution is -2.22. The molecule has 2 heteroatoms. The van der Waals surface area contributed by atoms with E-state index in [-0.39, 0.29) is 0 Å². The quantitative estimate of drug-likeness (QED) is 0.889. The van der Waals surface area contributed by atoms with Gasteiger partial charge in [0.05, 0.1) is 0 Å². The van der Waals surface area contributed by atoms with Crippen molar-refractivity contribution in [2.24, 2.45) is 0 Å². The number of hydrogen-bond donors (Lipinski definition) is 1. The minimum Gasteiger partial charge on any atom is -0.310 e. The number of aryl methyl sites for hydroxylation is 3. The van der Waals surface area contributed by atoms with Gasteiger partial charge in [-0.15, -0.1) is 0 Å². The number of benzene rings is 1.